The molecular formula is C14H27NO2. The zero-order valence-electron chi connectivity index (χ0n) is 11.5. The summed E-state index contributed by atoms with van der Waals surface area (Å²) >= 11 is 0. The predicted molar refractivity (Wildman–Crippen MR) is 71.2 cm³/mol. The van der Waals surface area contributed by atoms with Crippen molar-refractivity contribution in [3.63, 3.8) is 0 Å². The molecule has 0 spiro atoms. The van der Waals surface area contributed by atoms with Crippen molar-refractivity contribution in [2.75, 3.05) is 40.0 Å². The van der Waals surface area contributed by atoms with E-state index in [9.17, 15) is 0 Å². The standard InChI is InChI=1S/C14H27NO2/c1-12(2)14(10-15-6-8-16-3)9-13-5-4-7-17-11-13/h9,12-13,15H,4-8,10-11H2,1-3H3/b14-9+. The summed E-state index contributed by atoms with van der Waals surface area (Å²) in [5.41, 5.74) is 1.50. The maximum atomic E-state index is 5.52. The number of hydrogen-bond acceptors (Lipinski definition) is 3. The fourth-order valence-electron chi connectivity index (χ4n) is 2.06. The summed E-state index contributed by atoms with van der Waals surface area (Å²) in [5, 5.41) is 3.42. The van der Waals surface area contributed by atoms with Gasteiger partial charge in [0.05, 0.1) is 13.2 Å². The van der Waals surface area contributed by atoms with Gasteiger partial charge in [-0.05, 0) is 18.8 Å². The van der Waals surface area contributed by atoms with Crippen LogP contribution in [0.1, 0.15) is 26.7 Å². The lowest BCUT2D eigenvalue weighted by Crippen LogP contribution is -2.24. The lowest BCUT2D eigenvalue weighted by atomic mass is 9.94. The van der Waals surface area contributed by atoms with Crippen LogP contribution in [0.2, 0.25) is 0 Å². The molecule has 1 unspecified atom stereocenters. The number of methoxy groups -OCH3 is 1. The first-order valence-corrected chi connectivity index (χ1v) is 6.72. The lowest BCUT2D eigenvalue weighted by Gasteiger charge is -2.22. The van der Waals surface area contributed by atoms with E-state index in [1.54, 1.807) is 7.11 Å². The molecule has 0 saturated carbocycles. The predicted octanol–water partition coefficient (Wildman–Crippen LogP) is 2.23. The third kappa shape index (κ3) is 6.20. The Bertz CT molecular complexity index is 220. The minimum Gasteiger partial charge on any atom is -0.383 e. The highest BCUT2D eigenvalue weighted by Gasteiger charge is 2.13. The molecule has 1 fully saturated rings. The van der Waals surface area contributed by atoms with E-state index >= 15 is 0 Å². The van der Waals surface area contributed by atoms with Gasteiger partial charge in [0.2, 0.25) is 0 Å². The zero-order valence-corrected chi connectivity index (χ0v) is 11.5. The van der Waals surface area contributed by atoms with Crippen molar-refractivity contribution < 1.29 is 9.47 Å². The monoisotopic (exact) mass is 241 g/mol. The SMILES string of the molecule is COCCNC/C(=C\C1CCCOC1)C(C)C. The molecular weight excluding hydrogens is 214 g/mol. The Morgan fingerprint density at radius 3 is 2.94 bits per heavy atom. The molecule has 1 heterocycles. The smallest absolute Gasteiger partial charge is 0.0587 e. The van der Waals surface area contributed by atoms with Gasteiger partial charge in [-0.25, -0.2) is 0 Å². The molecule has 0 aromatic rings. The van der Waals surface area contributed by atoms with Crippen LogP contribution >= 0.6 is 0 Å². The fourth-order valence-corrected chi connectivity index (χ4v) is 2.06. The van der Waals surface area contributed by atoms with Gasteiger partial charge in [0.15, 0.2) is 0 Å². The van der Waals surface area contributed by atoms with Crippen molar-refractivity contribution >= 4 is 0 Å². The van der Waals surface area contributed by atoms with E-state index in [0.29, 0.717) is 11.8 Å². The highest BCUT2D eigenvalue weighted by molar-refractivity contribution is 5.09. The maximum Gasteiger partial charge on any atom is 0.0587 e. The van der Waals surface area contributed by atoms with Crippen LogP contribution in [0.15, 0.2) is 11.6 Å². The van der Waals surface area contributed by atoms with Crippen LogP contribution < -0.4 is 5.32 Å². The molecule has 0 radical (unpaired) electrons. The third-order valence-corrected chi connectivity index (χ3v) is 3.20. The fraction of sp³-hybridized carbons (Fsp3) is 0.857. The Morgan fingerprint density at radius 2 is 2.35 bits per heavy atom. The third-order valence-electron chi connectivity index (χ3n) is 3.20. The molecule has 17 heavy (non-hydrogen) atoms. The van der Waals surface area contributed by atoms with E-state index in [1.165, 1.54) is 18.4 Å². The summed E-state index contributed by atoms with van der Waals surface area (Å²) in [6, 6.07) is 0. The van der Waals surface area contributed by atoms with E-state index in [2.05, 4.69) is 25.2 Å². The minimum atomic E-state index is 0.604. The minimum absolute atomic E-state index is 0.604. The van der Waals surface area contributed by atoms with Crippen molar-refractivity contribution in [1.29, 1.82) is 0 Å². The van der Waals surface area contributed by atoms with Gasteiger partial charge < -0.3 is 14.8 Å². The summed E-state index contributed by atoms with van der Waals surface area (Å²) in [4.78, 5) is 0. The lowest BCUT2D eigenvalue weighted by molar-refractivity contribution is 0.0706. The topological polar surface area (TPSA) is 30.5 Å². The highest BCUT2D eigenvalue weighted by atomic mass is 16.5. The van der Waals surface area contributed by atoms with Gasteiger partial charge in [-0.1, -0.05) is 25.5 Å². The number of nitrogens with one attached hydrogen (secondary N) is 1. The summed E-state index contributed by atoms with van der Waals surface area (Å²) < 4.78 is 10.6. The van der Waals surface area contributed by atoms with Crippen LogP contribution in [0, 0.1) is 11.8 Å². The maximum absolute atomic E-state index is 5.52. The van der Waals surface area contributed by atoms with Gasteiger partial charge in [-0.2, -0.15) is 0 Å². The van der Waals surface area contributed by atoms with Crippen LogP contribution in [-0.4, -0.2) is 40.0 Å². The molecule has 0 bridgehead atoms. The van der Waals surface area contributed by atoms with Crippen LogP contribution in [0.3, 0.4) is 0 Å². The summed E-state index contributed by atoms with van der Waals surface area (Å²) in [5.74, 6) is 1.22. The summed E-state index contributed by atoms with van der Waals surface area (Å²) in [6.07, 6.45) is 4.89. The van der Waals surface area contributed by atoms with Gasteiger partial charge in [0.25, 0.3) is 0 Å². The molecule has 0 aromatic heterocycles. The van der Waals surface area contributed by atoms with Crippen molar-refractivity contribution in [2.24, 2.45) is 11.8 Å². The summed E-state index contributed by atoms with van der Waals surface area (Å²) in [6.45, 7) is 9.01. The van der Waals surface area contributed by atoms with E-state index in [-0.39, 0.29) is 0 Å². The van der Waals surface area contributed by atoms with Crippen molar-refractivity contribution in [2.45, 2.75) is 26.7 Å². The van der Waals surface area contributed by atoms with E-state index in [1.807, 2.05) is 0 Å². The molecule has 3 nitrogen and oxygen atoms in total. The van der Waals surface area contributed by atoms with Gasteiger partial charge in [-0.15, -0.1) is 0 Å². The molecule has 1 rings (SSSR count). The quantitative estimate of drug-likeness (QED) is 0.548. The number of ether oxygens (including phenoxy) is 2. The average Bonchev–Trinajstić information content (AvgIpc) is 2.34. The van der Waals surface area contributed by atoms with E-state index < -0.39 is 0 Å². The molecule has 1 aliphatic heterocycles. The highest BCUT2D eigenvalue weighted by Crippen LogP contribution is 2.19. The van der Waals surface area contributed by atoms with Gasteiger partial charge in [-0.3, -0.25) is 0 Å². The van der Waals surface area contributed by atoms with Crippen LogP contribution in [-0.2, 0) is 9.47 Å². The molecule has 100 valence electrons. The Morgan fingerprint density at radius 1 is 1.53 bits per heavy atom. The van der Waals surface area contributed by atoms with Crippen LogP contribution in [0.5, 0.6) is 0 Å². The van der Waals surface area contributed by atoms with Gasteiger partial charge >= 0.3 is 0 Å². The van der Waals surface area contributed by atoms with Crippen LogP contribution in [0.25, 0.3) is 0 Å². The molecule has 1 atom stereocenters. The average molecular weight is 241 g/mol. The molecule has 1 saturated heterocycles. The summed E-state index contributed by atoms with van der Waals surface area (Å²) in [7, 11) is 1.74. The van der Waals surface area contributed by atoms with Crippen molar-refractivity contribution in [3.05, 3.63) is 11.6 Å². The molecule has 3 heteroatoms. The van der Waals surface area contributed by atoms with Crippen molar-refractivity contribution in [3.8, 4) is 0 Å². The first-order chi connectivity index (χ1) is 8.24. The first-order valence-electron chi connectivity index (χ1n) is 6.72. The van der Waals surface area contributed by atoms with Gasteiger partial charge in [0.1, 0.15) is 0 Å². The van der Waals surface area contributed by atoms with E-state index in [4.69, 9.17) is 9.47 Å². The second kappa shape index (κ2) is 8.67. The molecule has 1 N–H and O–H groups in total. The second-order valence-corrected chi connectivity index (χ2v) is 5.04. The largest absolute Gasteiger partial charge is 0.383 e. The zero-order chi connectivity index (χ0) is 12.5. The van der Waals surface area contributed by atoms with Crippen LogP contribution in [0.4, 0.5) is 0 Å². The second-order valence-electron chi connectivity index (χ2n) is 5.04. The Labute approximate surface area is 106 Å². The number of hydrogen-bond donors (Lipinski definition) is 1. The first kappa shape index (κ1) is 14.7. The normalized spacial score (nSPS) is 22.1. The Hall–Kier alpha value is -0.380. The molecule has 0 amide bonds. The van der Waals surface area contributed by atoms with Crippen molar-refractivity contribution in [1.82, 2.24) is 5.32 Å². The van der Waals surface area contributed by atoms with E-state index in [0.717, 1.165) is 32.9 Å². The molecule has 0 aliphatic carbocycles. The Kier molecular flexibility index (Phi) is 7.49. The molecule has 0 aromatic carbocycles. The number of rotatable bonds is 7. The molecule has 1 aliphatic rings. The Balaban J connectivity index is 2.37. The van der Waals surface area contributed by atoms with Gasteiger partial charge in [0, 0.05) is 32.7 Å².